The highest BCUT2D eigenvalue weighted by Gasteiger charge is 2.24. The highest BCUT2D eigenvalue weighted by atomic mass is 35.5. The molecule has 20 heavy (non-hydrogen) atoms. The van der Waals surface area contributed by atoms with Crippen LogP contribution in [0.2, 0.25) is 10.0 Å². The highest BCUT2D eigenvalue weighted by molar-refractivity contribution is 6.37. The van der Waals surface area contributed by atoms with Gasteiger partial charge in [0.1, 0.15) is 0 Å². The van der Waals surface area contributed by atoms with Gasteiger partial charge >= 0.3 is 0 Å². The summed E-state index contributed by atoms with van der Waals surface area (Å²) in [7, 11) is 3.32. The molecule has 0 spiro atoms. The van der Waals surface area contributed by atoms with Gasteiger partial charge in [0.25, 0.3) is 5.91 Å². The van der Waals surface area contributed by atoms with Gasteiger partial charge in [-0.2, -0.15) is 0 Å². The molecule has 1 aromatic carbocycles. The Morgan fingerprint density at radius 3 is 2.35 bits per heavy atom. The zero-order valence-corrected chi connectivity index (χ0v) is 13.1. The Morgan fingerprint density at radius 1 is 1.30 bits per heavy atom. The van der Waals surface area contributed by atoms with E-state index in [1.165, 1.54) is 7.11 Å². The van der Waals surface area contributed by atoms with Crippen molar-refractivity contribution in [3.63, 3.8) is 0 Å². The number of methoxy groups -OCH3 is 1. The third kappa shape index (κ3) is 3.19. The molecule has 0 atom stereocenters. The maximum absolute atomic E-state index is 12.5. The molecule has 4 nitrogen and oxygen atoms in total. The van der Waals surface area contributed by atoms with Crippen LogP contribution in [0.3, 0.4) is 0 Å². The van der Waals surface area contributed by atoms with E-state index in [2.05, 4.69) is 5.32 Å². The first-order chi connectivity index (χ1) is 9.54. The normalized spacial score (nSPS) is 16.0. The molecule has 0 saturated carbocycles. The van der Waals surface area contributed by atoms with E-state index in [0.29, 0.717) is 21.4 Å². The molecule has 0 radical (unpaired) electrons. The number of piperidine rings is 1. The lowest BCUT2D eigenvalue weighted by atomic mass is 10.0. The first kappa shape index (κ1) is 15.4. The van der Waals surface area contributed by atoms with Crippen molar-refractivity contribution in [1.82, 2.24) is 10.2 Å². The maximum Gasteiger partial charge on any atom is 0.253 e. The van der Waals surface area contributed by atoms with Gasteiger partial charge in [-0.3, -0.25) is 4.79 Å². The topological polar surface area (TPSA) is 41.6 Å². The Bertz CT molecular complexity index is 479. The van der Waals surface area contributed by atoms with E-state index in [4.69, 9.17) is 27.9 Å². The van der Waals surface area contributed by atoms with Crippen molar-refractivity contribution in [2.45, 2.75) is 18.9 Å². The molecule has 2 rings (SSSR count). The SMILES string of the molecule is COc1c(Cl)cc(C(=O)N(C)C2CCNCC2)cc1Cl. The van der Waals surface area contributed by atoms with Crippen LogP contribution in [-0.4, -0.2) is 44.1 Å². The lowest BCUT2D eigenvalue weighted by Crippen LogP contribution is -2.43. The third-order valence-electron chi connectivity index (χ3n) is 3.63. The third-order valence-corrected chi connectivity index (χ3v) is 4.19. The zero-order valence-electron chi connectivity index (χ0n) is 11.6. The average molecular weight is 317 g/mol. The Hall–Kier alpha value is -0.970. The number of rotatable bonds is 3. The van der Waals surface area contributed by atoms with Crippen LogP contribution in [-0.2, 0) is 0 Å². The van der Waals surface area contributed by atoms with E-state index in [0.717, 1.165) is 25.9 Å². The fourth-order valence-electron chi connectivity index (χ4n) is 2.44. The lowest BCUT2D eigenvalue weighted by Gasteiger charge is -2.31. The largest absolute Gasteiger partial charge is 0.494 e. The molecule has 1 heterocycles. The molecule has 1 aliphatic heterocycles. The van der Waals surface area contributed by atoms with Crippen molar-refractivity contribution in [2.24, 2.45) is 0 Å². The number of nitrogens with zero attached hydrogens (tertiary/aromatic N) is 1. The number of carbonyl (C=O) groups excluding carboxylic acids is 1. The Balaban J connectivity index is 2.20. The van der Waals surface area contributed by atoms with Gasteiger partial charge in [0.2, 0.25) is 0 Å². The minimum Gasteiger partial charge on any atom is -0.494 e. The number of amides is 1. The summed E-state index contributed by atoms with van der Waals surface area (Å²) >= 11 is 12.2. The van der Waals surface area contributed by atoms with Crippen LogP contribution in [0.4, 0.5) is 0 Å². The van der Waals surface area contributed by atoms with E-state index in [-0.39, 0.29) is 11.9 Å². The van der Waals surface area contributed by atoms with Gasteiger partial charge in [0, 0.05) is 18.7 Å². The summed E-state index contributed by atoms with van der Waals surface area (Å²) in [6.45, 7) is 1.87. The molecule has 1 fully saturated rings. The van der Waals surface area contributed by atoms with E-state index in [9.17, 15) is 4.79 Å². The van der Waals surface area contributed by atoms with Crippen LogP contribution in [0.25, 0.3) is 0 Å². The van der Waals surface area contributed by atoms with E-state index in [1.54, 1.807) is 17.0 Å². The number of nitrogens with one attached hydrogen (secondary N) is 1. The zero-order chi connectivity index (χ0) is 14.7. The van der Waals surface area contributed by atoms with Crippen LogP contribution in [0.15, 0.2) is 12.1 Å². The summed E-state index contributed by atoms with van der Waals surface area (Å²) in [5.74, 6) is 0.331. The van der Waals surface area contributed by atoms with E-state index < -0.39 is 0 Å². The van der Waals surface area contributed by atoms with Crippen LogP contribution in [0.5, 0.6) is 5.75 Å². The lowest BCUT2D eigenvalue weighted by molar-refractivity contribution is 0.0703. The van der Waals surface area contributed by atoms with Gasteiger partial charge in [-0.1, -0.05) is 23.2 Å². The number of ether oxygens (including phenoxy) is 1. The number of carbonyl (C=O) groups is 1. The minimum absolute atomic E-state index is 0.0663. The summed E-state index contributed by atoms with van der Waals surface area (Å²) in [6.07, 6.45) is 1.92. The molecular weight excluding hydrogens is 299 g/mol. The minimum atomic E-state index is -0.0663. The number of hydrogen-bond donors (Lipinski definition) is 1. The quantitative estimate of drug-likeness (QED) is 0.932. The summed E-state index contributed by atoms with van der Waals surface area (Å²) in [5, 5.41) is 3.98. The van der Waals surface area contributed by atoms with Crippen LogP contribution in [0.1, 0.15) is 23.2 Å². The smallest absolute Gasteiger partial charge is 0.253 e. The summed E-state index contributed by atoms with van der Waals surface area (Å²) in [6, 6.07) is 3.46. The monoisotopic (exact) mass is 316 g/mol. The fraction of sp³-hybridized carbons (Fsp3) is 0.500. The Kier molecular flexibility index (Phi) is 5.13. The van der Waals surface area contributed by atoms with Crippen molar-refractivity contribution in [2.75, 3.05) is 27.2 Å². The number of halogens is 2. The Labute approximate surface area is 129 Å². The highest BCUT2D eigenvalue weighted by Crippen LogP contribution is 2.34. The molecular formula is C14H18Cl2N2O2. The molecule has 0 aromatic heterocycles. The van der Waals surface area contributed by atoms with E-state index >= 15 is 0 Å². The summed E-state index contributed by atoms with van der Waals surface area (Å²) in [5.41, 5.74) is 0.488. The second kappa shape index (κ2) is 6.66. The van der Waals surface area contributed by atoms with Crippen molar-refractivity contribution >= 4 is 29.1 Å². The van der Waals surface area contributed by atoms with Crippen LogP contribution >= 0.6 is 23.2 Å². The first-order valence-electron chi connectivity index (χ1n) is 6.55. The van der Waals surface area contributed by atoms with Gasteiger partial charge in [0.15, 0.2) is 5.75 Å². The molecule has 0 aliphatic carbocycles. The summed E-state index contributed by atoms with van der Waals surface area (Å²) < 4.78 is 5.09. The van der Waals surface area contributed by atoms with Crippen LogP contribution < -0.4 is 10.1 Å². The first-order valence-corrected chi connectivity index (χ1v) is 7.31. The molecule has 1 aromatic rings. The van der Waals surface area contributed by atoms with Crippen LogP contribution in [0, 0.1) is 0 Å². The predicted octanol–water partition coefficient (Wildman–Crippen LogP) is 2.83. The average Bonchev–Trinajstić information content (AvgIpc) is 2.46. The van der Waals surface area contributed by atoms with Crippen molar-refractivity contribution in [3.8, 4) is 5.75 Å². The van der Waals surface area contributed by atoms with Crippen molar-refractivity contribution in [1.29, 1.82) is 0 Å². The molecule has 1 amide bonds. The van der Waals surface area contributed by atoms with Gasteiger partial charge < -0.3 is 15.0 Å². The summed E-state index contributed by atoms with van der Waals surface area (Å²) in [4.78, 5) is 14.3. The van der Waals surface area contributed by atoms with Crippen molar-refractivity contribution in [3.05, 3.63) is 27.7 Å². The standard InChI is InChI=1S/C14H18Cl2N2O2/c1-18(10-3-5-17-6-4-10)14(19)9-7-11(15)13(20-2)12(16)8-9/h7-8,10,17H,3-6H2,1-2H3. The molecule has 1 N–H and O–H groups in total. The number of benzene rings is 1. The second-order valence-corrected chi connectivity index (χ2v) is 5.68. The van der Waals surface area contributed by atoms with Gasteiger partial charge in [0.05, 0.1) is 17.2 Å². The van der Waals surface area contributed by atoms with Gasteiger partial charge in [-0.25, -0.2) is 0 Å². The Morgan fingerprint density at radius 2 is 1.85 bits per heavy atom. The number of hydrogen-bond acceptors (Lipinski definition) is 3. The molecule has 1 aliphatic rings. The maximum atomic E-state index is 12.5. The van der Waals surface area contributed by atoms with Gasteiger partial charge in [-0.15, -0.1) is 0 Å². The molecule has 0 unspecified atom stereocenters. The van der Waals surface area contributed by atoms with Crippen molar-refractivity contribution < 1.29 is 9.53 Å². The molecule has 0 bridgehead atoms. The molecule has 1 saturated heterocycles. The second-order valence-electron chi connectivity index (χ2n) is 4.87. The predicted molar refractivity (Wildman–Crippen MR) is 81.0 cm³/mol. The van der Waals surface area contributed by atoms with Gasteiger partial charge in [-0.05, 0) is 38.1 Å². The molecule has 110 valence electrons. The van der Waals surface area contributed by atoms with E-state index in [1.807, 2.05) is 7.05 Å². The molecule has 6 heteroatoms. The fourth-order valence-corrected chi connectivity index (χ4v) is 3.08.